The van der Waals surface area contributed by atoms with Crippen LogP contribution >= 0.6 is 11.6 Å². The molecule has 2 rings (SSSR count). The first kappa shape index (κ1) is 13.2. The van der Waals surface area contributed by atoms with Crippen LogP contribution in [-0.4, -0.2) is 29.8 Å². The van der Waals surface area contributed by atoms with Crippen LogP contribution in [0.4, 0.5) is 4.79 Å². The number of ether oxygens (including phenoxy) is 2. The highest BCUT2D eigenvalue weighted by Gasteiger charge is 2.30. The number of likely N-dealkylation sites (tertiary alicyclic amines) is 1. The summed E-state index contributed by atoms with van der Waals surface area (Å²) in [5.74, 6) is 0. The Balaban J connectivity index is 1.84. The maximum Gasteiger partial charge on any atom is 0.412 e. The number of carbonyl (C=O) groups excluding carboxylic acids is 1. The van der Waals surface area contributed by atoms with Crippen molar-refractivity contribution in [2.24, 2.45) is 0 Å². The molecule has 4 nitrogen and oxygen atoms in total. The van der Waals surface area contributed by atoms with Gasteiger partial charge in [0.1, 0.15) is 18.9 Å². The highest BCUT2D eigenvalue weighted by Crippen LogP contribution is 2.20. The molecule has 1 aliphatic heterocycles. The van der Waals surface area contributed by atoms with Crippen molar-refractivity contribution in [1.82, 2.24) is 4.90 Å². The van der Waals surface area contributed by atoms with Crippen LogP contribution in [0.2, 0.25) is 0 Å². The zero-order chi connectivity index (χ0) is 12.8. The molecule has 0 N–H and O–H groups in total. The van der Waals surface area contributed by atoms with Gasteiger partial charge in [0.25, 0.3) is 0 Å². The van der Waals surface area contributed by atoms with Gasteiger partial charge in [-0.05, 0) is 18.4 Å². The molecule has 98 valence electrons. The summed E-state index contributed by atoms with van der Waals surface area (Å²) in [6.45, 7) is 0.943. The van der Waals surface area contributed by atoms with Crippen LogP contribution < -0.4 is 0 Å². The molecule has 1 aromatic rings. The fraction of sp³-hybridized carbons (Fsp3) is 0.462. The molecular weight excluding hydrogens is 254 g/mol. The van der Waals surface area contributed by atoms with Gasteiger partial charge in [-0.15, -0.1) is 0 Å². The van der Waals surface area contributed by atoms with E-state index in [-0.39, 0.29) is 25.0 Å². The molecule has 1 aromatic carbocycles. The third kappa shape index (κ3) is 3.37. The van der Waals surface area contributed by atoms with E-state index >= 15 is 0 Å². The van der Waals surface area contributed by atoms with Crippen molar-refractivity contribution in [3.05, 3.63) is 35.9 Å². The second kappa shape index (κ2) is 6.61. The van der Waals surface area contributed by atoms with Gasteiger partial charge in [0.15, 0.2) is 0 Å². The molecule has 5 heteroatoms. The Bertz CT molecular complexity index is 385. The summed E-state index contributed by atoms with van der Waals surface area (Å²) in [4.78, 5) is 13.5. The largest absolute Gasteiger partial charge is 0.444 e. The van der Waals surface area contributed by atoms with Crippen molar-refractivity contribution in [2.45, 2.75) is 25.7 Å². The number of nitrogens with zero attached hydrogens (tertiary/aromatic N) is 1. The lowest BCUT2D eigenvalue weighted by Crippen LogP contribution is -2.37. The second-order valence-corrected chi connectivity index (χ2v) is 4.32. The molecule has 1 fully saturated rings. The Morgan fingerprint density at radius 1 is 1.39 bits per heavy atom. The maximum atomic E-state index is 11.9. The van der Waals surface area contributed by atoms with Gasteiger partial charge in [0, 0.05) is 6.54 Å². The van der Waals surface area contributed by atoms with Gasteiger partial charge in [0.2, 0.25) is 0 Å². The van der Waals surface area contributed by atoms with Gasteiger partial charge in [-0.2, -0.15) is 0 Å². The number of halogens is 1. The van der Waals surface area contributed by atoms with Gasteiger partial charge in [-0.25, -0.2) is 4.79 Å². The molecule has 0 aliphatic carbocycles. The molecule has 1 amide bonds. The van der Waals surface area contributed by atoms with E-state index in [2.05, 4.69) is 0 Å². The first-order valence-electron chi connectivity index (χ1n) is 5.96. The molecule has 1 aliphatic rings. The lowest BCUT2D eigenvalue weighted by molar-refractivity contribution is -0.0154. The molecule has 1 saturated heterocycles. The van der Waals surface area contributed by atoms with Crippen LogP contribution in [0.1, 0.15) is 18.4 Å². The van der Waals surface area contributed by atoms with E-state index in [1.54, 1.807) is 4.90 Å². The van der Waals surface area contributed by atoms with E-state index in [4.69, 9.17) is 21.1 Å². The molecule has 1 atom stereocenters. The molecule has 1 heterocycles. The predicted molar refractivity (Wildman–Crippen MR) is 68.2 cm³/mol. The van der Waals surface area contributed by atoms with Crippen LogP contribution in [-0.2, 0) is 16.1 Å². The van der Waals surface area contributed by atoms with Crippen LogP contribution in [0.15, 0.2) is 30.3 Å². The average Bonchev–Trinajstić information content (AvgIpc) is 2.86. The first-order valence-corrected chi connectivity index (χ1v) is 6.49. The summed E-state index contributed by atoms with van der Waals surface area (Å²) >= 11 is 5.52. The second-order valence-electron chi connectivity index (χ2n) is 4.11. The van der Waals surface area contributed by atoms with Gasteiger partial charge >= 0.3 is 6.09 Å². The van der Waals surface area contributed by atoms with Crippen LogP contribution in [0.5, 0.6) is 0 Å². The van der Waals surface area contributed by atoms with E-state index in [0.29, 0.717) is 6.54 Å². The minimum absolute atomic E-state index is 0.0904. The molecule has 1 unspecified atom stereocenters. The van der Waals surface area contributed by atoms with E-state index in [0.717, 1.165) is 18.4 Å². The summed E-state index contributed by atoms with van der Waals surface area (Å²) < 4.78 is 10.5. The summed E-state index contributed by atoms with van der Waals surface area (Å²) in [7, 11) is 0. The van der Waals surface area contributed by atoms with Gasteiger partial charge in [0.05, 0.1) is 0 Å². The van der Waals surface area contributed by atoms with Crippen molar-refractivity contribution >= 4 is 17.7 Å². The third-order valence-corrected chi connectivity index (χ3v) is 3.02. The standard InChI is InChI=1S/C13H16ClNO3/c14-10-18-12-7-4-8-15(12)13(16)17-9-11-5-2-1-3-6-11/h1-3,5-6,12H,4,7-10H2. The lowest BCUT2D eigenvalue weighted by atomic mass is 10.2. The summed E-state index contributed by atoms with van der Waals surface area (Å²) in [5.41, 5.74) is 0.972. The van der Waals surface area contributed by atoms with E-state index in [1.165, 1.54) is 0 Å². The van der Waals surface area contributed by atoms with Crippen LogP contribution in [0.25, 0.3) is 0 Å². The first-order chi connectivity index (χ1) is 8.81. The molecule has 0 saturated carbocycles. The fourth-order valence-electron chi connectivity index (χ4n) is 1.99. The van der Waals surface area contributed by atoms with Gasteiger partial charge < -0.3 is 9.47 Å². The Morgan fingerprint density at radius 3 is 2.89 bits per heavy atom. The minimum atomic E-state index is -0.341. The van der Waals surface area contributed by atoms with Crippen molar-refractivity contribution in [2.75, 3.05) is 12.6 Å². The molecule has 0 spiro atoms. The Hall–Kier alpha value is -1.26. The summed E-state index contributed by atoms with van der Waals surface area (Å²) in [6, 6.07) is 9.69. The van der Waals surface area contributed by atoms with Crippen molar-refractivity contribution < 1.29 is 14.3 Å². The van der Waals surface area contributed by atoms with E-state index in [9.17, 15) is 4.79 Å². The normalized spacial score (nSPS) is 18.9. The quantitative estimate of drug-likeness (QED) is 0.789. The number of hydrogen-bond donors (Lipinski definition) is 0. The van der Waals surface area contributed by atoms with Crippen molar-refractivity contribution in [1.29, 1.82) is 0 Å². The number of benzene rings is 1. The monoisotopic (exact) mass is 269 g/mol. The van der Waals surface area contributed by atoms with Gasteiger partial charge in [-0.1, -0.05) is 41.9 Å². The molecule has 0 radical (unpaired) electrons. The van der Waals surface area contributed by atoms with E-state index < -0.39 is 0 Å². The zero-order valence-corrected chi connectivity index (χ0v) is 10.8. The Labute approximate surface area is 111 Å². The zero-order valence-electron chi connectivity index (χ0n) is 10.0. The Morgan fingerprint density at radius 2 is 2.17 bits per heavy atom. The maximum absolute atomic E-state index is 11.9. The fourth-order valence-corrected chi connectivity index (χ4v) is 2.14. The number of hydrogen-bond acceptors (Lipinski definition) is 3. The highest BCUT2D eigenvalue weighted by molar-refractivity contribution is 6.17. The SMILES string of the molecule is O=C(OCc1ccccc1)N1CCCC1OCCl. The van der Waals surface area contributed by atoms with Crippen molar-refractivity contribution in [3.63, 3.8) is 0 Å². The minimum Gasteiger partial charge on any atom is -0.444 e. The average molecular weight is 270 g/mol. The third-order valence-electron chi connectivity index (χ3n) is 2.89. The lowest BCUT2D eigenvalue weighted by Gasteiger charge is -2.23. The highest BCUT2D eigenvalue weighted by atomic mass is 35.5. The van der Waals surface area contributed by atoms with Crippen molar-refractivity contribution in [3.8, 4) is 0 Å². The molecule has 0 aromatic heterocycles. The predicted octanol–water partition coefficient (Wildman–Crippen LogP) is 2.96. The van der Waals surface area contributed by atoms with E-state index in [1.807, 2.05) is 30.3 Å². The number of rotatable bonds is 4. The molecular formula is C13H16ClNO3. The summed E-state index contributed by atoms with van der Waals surface area (Å²) in [6.07, 6.45) is 1.15. The topological polar surface area (TPSA) is 38.8 Å². The number of alkyl halides is 1. The van der Waals surface area contributed by atoms with Gasteiger partial charge in [-0.3, -0.25) is 4.90 Å². The van der Waals surface area contributed by atoms with Crippen LogP contribution in [0.3, 0.4) is 0 Å². The number of amides is 1. The van der Waals surface area contributed by atoms with Crippen LogP contribution in [0, 0.1) is 0 Å². The summed E-state index contributed by atoms with van der Waals surface area (Å²) in [5, 5.41) is 0. The number of carbonyl (C=O) groups is 1. The Kier molecular flexibility index (Phi) is 4.84. The molecule has 18 heavy (non-hydrogen) atoms. The molecule has 0 bridgehead atoms. The smallest absolute Gasteiger partial charge is 0.412 e.